The van der Waals surface area contributed by atoms with Crippen LogP contribution in [0.5, 0.6) is 11.5 Å². The molecule has 108 valence electrons. The van der Waals surface area contributed by atoms with Gasteiger partial charge in [-0.25, -0.2) is 4.39 Å². The normalized spacial score (nSPS) is 9.76. The van der Waals surface area contributed by atoms with Gasteiger partial charge in [0.1, 0.15) is 18.5 Å². The fourth-order valence-electron chi connectivity index (χ4n) is 1.85. The van der Waals surface area contributed by atoms with Crippen LogP contribution in [-0.2, 0) is 0 Å². The Balaban J connectivity index is 1.89. The molecule has 0 amide bonds. The quantitative estimate of drug-likeness (QED) is 0.829. The zero-order valence-electron chi connectivity index (χ0n) is 11.6. The van der Waals surface area contributed by atoms with Gasteiger partial charge in [-0.3, -0.25) is 0 Å². The highest BCUT2D eigenvalue weighted by atomic mass is 19.1. The molecule has 0 aromatic heterocycles. The molecular weight excluding hydrogens is 271 g/mol. The number of hydrogen-bond donors (Lipinski definition) is 1. The minimum absolute atomic E-state index is 0.271. The standard InChI is InChI=1S/C16H15FN2O2/c1-20-15-4-2-3-5-16(15)21-9-8-19-14-7-6-13(17)10-12(14)11-18/h2-7,10,19H,8-9H2,1H3. The molecule has 0 aliphatic heterocycles. The van der Waals surface area contributed by atoms with E-state index in [4.69, 9.17) is 14.7 Å². The minimum Gasteiger partial charge on any atom is -0.493 e. The molecule has 0 aliphatic carbocycles. The number of nitrogens with zero attached hydrogens (tertiary/aromatic N) is 1. The molecule has 2 rings (SSSR count). The van der Waals surface area contributed by atoms with E-state index >= 15 is 0 Å². The smallest absolute Gasteiger partial charge is 0.161 e. The number of rotatable bonds is 6. The molecule has 0 bridgehead atoms. The Morgan fingerprint density at radius 1 is 1.19 bits per heavy atom. The van der Waals surface area contributed by atoms with Crippen LogP contribution in [0.4, 0.5) is 10.1 Å². The lowest BCUT2D eigenvalue weighted by Gasteiger charge is -2.12. The van der Waals surface area contributed by atoms with Crippen LogP contribution in [0.1, 0.15) is 5.56 Å². The van der Waals surface area contributed by atoms with E-state index in [-0.39, 0.29) is 5.56 Å². The average Bonchev–Trinajstić information content (AvgIpc) is 2.52. The van der Waals surface area contributed by atoms with Gasteiger partial charge in [0.25, 0.3) is 0 Å². The summed E-state index contributed by atoms with van der Waals surface area (Å²) < 4.78 is 23.8. The molecule has 0 aliphatic rings. The van der Waals surface area contributed by atoms with Crippen LogP contribution in [0.15, 0.2) is 42.5 Å². The van der Waals surface area contributed by atoms with Gasteiger partial charge in [-0.15, -0.1) is 0 Å². The van der Waals surface area contributed by atoms with E-state index < -0.39 is 5.82 Å². The number of hydrogen-bond acceptors (Lipinski definition) is 4. The van der Waals surface area contributed by atoms with E-state index in [1.807, 2.05) is 30.3 Å². The van der Waals surface area contributed by atoms with Crippen molar-refractivity contribution < 1.29 is 13.9 Å². The van der Waals surface area contributed by atoms with Crippen molar-refractivity contribution in [2.24, 2.45) is 0 Å². The van der Waals surface area contributed by atoms with Gasteiger partial charge in [-0.05, 0) is 30.3 Å². The monoisotopic (exact) mass is 286 g/mol. The van der Waals surface area contributed by atoms with Gasteiger partial charge in [0, 0.05) is 6.54 Å². The molecule has 4 nitrogen and oxygen atoms in total. The van der Waals surface area contributed by atoms with Crippen molar-refractivity contribution in [1.29, 1.82) is 5.26 Å². The summed E-state index contributed by atoms with van der Waals surface area (Å²) in [5.74, 6) is 0.890. The van der Waals surface area contributed by atoms with Gasteiger partial charge < -0.3 is 14.8 Å². The van der Waals surface area contributed by atoms with E-state index in [2.05, 4.69) is 5.32 Å². The first-order valence-corrected chi connectivity index (χ1v) is 6.44. The van der Waals surface area contributed by atoms with Gasteiger partial charge >= 0.3 is 0 Å². The van der Waals surface area contributed by atoms with Crippen molar-refractivity contribution in [3.63, 3.8) is 0 Å². The molecule has 0 fully saturated rings. The maximum absolute atomic E-state index is 13.0. The lowest BCUT2D eigenvalue weighted by atomic mass is 10.2. The second-order valence-corrected chi connectivity index (χ2v) is 4.23. The molecule has 0 radical (unpaired) electrons. The Labute approximate surface area is 122 Å². The molecule has 0 saturated heterocycles. The van der Waals surface area contributed by atoms with Crippen LogP contribution in [0.3, 0.4) is 0 Å². The number of para-hydroxylation sites is 2. The fraction of sp³-hybridized carbons (Fsp3) is 0.188. The molecular formula is C16H15FN2O2. The average molecular weight is 286 g/mol. The summed E-state index contributed by atoms with van der Waals surface area (Å²) in [4.78, 5) is 0. The van der Waals surface area contributed by atoms with E-state index in [1.165, 1.54) is 18.2 Å². The highest BCUT2D eigenvalue weighted by molar-refractivity contribution is 5.57. The maximum Gasteiger partial charge on any atom is 0.161 e. The van der Waals surface area contributed by atoms with Gasteiger partial charge in [0.2, 0.25) is 0 Å². The van der Waals surface area contributed by atoms with Crippen molar-refractivity contribution in [3.05, 3.63) is 53.8 Å². The van der Waals surface area contributed by atoms with Gasteiger partial charge in [0.05, 0.1) is 18.4 Å². The minimum atomic E-state index is -0.428. The number of benzene rings is 2. The zero-order valence-corrected chi connectivity index (χ0v) is 11.6. The van der Waals surface area contributed by atoms with Crippen LogP contribution < -0.4 is 14.8 Å². The van der Waals surface area contributed by atoms with Gasteiger partial charge in [0.15, 0.2) is 11.5 Å². The van der Waals surface area contributed by atoms with Crippen LogP contribution >= 0.6 is 0 Å². The molecule has 2 aromatic rings. The Morgan fingerprint density at radius 2 is 1.95 bits per heavy atom. The number of halogens is 1. The molecule has 0 atom stereocenters. The third kappa shape index (κ3) is 3.86. The number of anilines is 1. The molecule has 5 heteroatoms. The third-order valence-corrected chi connectivity index (χ3v) is 2.85. The second kappa shape index (κ2) is 7.15. The van der Waals surface area contributed by atoms with E-state index in [0.29, 0.717) is 30.3 Å². The Morgan fingerprint density at radius 3 is 2.67 bits per heavy atom. The maximum atomic E-state index is 13.0. The van der Waals surface area contributed by atoms with Crippen molar-refractivity contribution in [3.8, 4) is 17.6 Å². The van der Waals surface area contributed by atoms with Gasteiger partial charge in [-0.1, -0.05) is 12.1 Å². The molecule has 0 unspecified atom stereocenters. The predicted octanol–water partition coefficient (Wildman–Crippen LogP) is 3.20. The van der Waals surface area contributed by atoms with Crippen molar-refractivity contribution in [2.45, 2.75) is 0 Å². The second-order valence-electron chi connectivity index (χ2n) is 4.23. The van der Waals surface area contributed by atoms with Crippen molar-refractivity contribution >= 4 is 5.69 Å². The van der Waals surface area contributed by atoms with E-state index in [0.717, 1.165) is 0 Å². The molecule has 1 N–H and O–H groups in total. The largest absolute Gasteiger partial charge is 0.493 e. The lowest BCUT2D eigenvalue weighted by molar-refractivity contribution is 0.306. The van der Waals surface area contributed by atoms with Crippen LogP contribution in [-0.4, -0.2) is 20.3 Å². The van der Waals surface area contributed by atoms with Crippen LogP contribution in [0.25, 0.3) is 0 Å². The fourth-order valence-corrected chi connectivity index (χ4v) is 1.85. The molecule has 0 spiro atoms. The topological polar surface area (TPSA) is 54.3 Å². The summed E-state index contributed by atoms with van der Waals surface area (Å²) in [7, 11) is 1.58. The van der Waals surface area contributed by atoms with E-state index in [9.17, 15) is 4.39 Å². The molecule has 0 heterocycles. The van der Waals surface area contributed by atoms with Crippen LogP contribution in [0, 0.1) is 17.1 Å². The highest BCUT2D eigenvalue weighted by Gasteiger charge is 2.04. The summed E-state index contributed by atoms with van der Waals surface area (Å²) in [5.41, 5.74) is 0.856. The SMILES string of the molecule is COc1ccccc1OCCNc1ccc(F)cc1C#N. The highest BCUT2D eigenvalue weighted by Crippen LogP contribution is 2.25. The summed E-state index contributed by atoms with van der Waals surface area (Å²) >= 11 is 0. The Hall–Kier alpha value is -2.74. The third-order valence-electron chi connectivity index (χ3n) is 2.85. The van der Waals surface area contributed by atoms with Gasteiger partial charge in [-0.2, -0.15) is 5.26 Å². The number of nitriles is 1. The summed E-state index contributed by atoms with van der Waals surface area (Å²) in [6.07, 6.45) is 0. The van der Waals surface area contributed by atoms with Crippen molar-refractivity contribution in [1.82, 2.24) is 0 Å². The Kier molecular flexibility index (Phi) is 4.99. The first kappa shape index (κ1) is 14.7. The Bertz CT molecular complexity index is 653. The molecule has 0 saturated carbocycles. The predicted molar refractivity (Wildman–Crippen MR) is 78.1 cm³/mol. The van der Waals surface area contributed by atoms with Crippen molar-refractivity contribution in [2.75, 3.05) is 25.6 Å². The summed E-state index contributed by atoms with van der Waals surface area (Å²) in [5, 5.41) is 12.0. The van der Waals surface area contributed by atoms with Crippen LogP contribution in [0.2, 0.25) is 0 Å². The molecule has 21 heavy (non-hydrogen) atoms. The first-order chi connectivity index (χ1) is 10.2. The lowest BCUT2D eigenvalue weighted by Crippen LogP contribution is -2.12. The molecule has 2 aromatic carbocycles. The zero-order chi connectivity index (χ0) is 15.1. The number of ether oxygens (including phenoxy) is 2. The number of nitrogens with one attached hydrogen (secondary N) is 1. The summed E-state index contributed by atoms with van der Waals surface area (Å²) in [6.45, 7) is 0.876. The first-order valence-electron chi connectivity index (χ1n) is 6.44. The van der Waals surface area contributed by atoms with E-state index in [1.54, 1.807) is 7.11 Å². The summed E-state index contributed by atoms with van der Waals surface area (Å²) in [6, 6.07) is 13.4. The number of methoxy groups -OCH3 is 1.